The van der Waals surface area contributed by atoms with Gasteiger partial charge in [-0.3, -0.25) is 9.69 Å². The van der Waals surface area contributed by atoms with Crippen molar-refractivity contribution in [2.45, 2.75) is 80.7 Å². The second-order valence-corrected chi connectivity index (χ2v) is 14.7. The van der Waals surface area contributed by atoms with Gasteiger partial charge in [-0.05, 0) is 99.4 Å². The summed E-state index contributed by atoms with van der Waals surface area (Å²) in [6.07, 6.45) is 4.63. The first kappa shape index (κ1) is 28.9. The minimum absolute atomic E-state index is 0.0470. The highest BCUT2D eigenvalue weighted by Crippen LogP contribution is 2.66. The Morgan fingerprint density at radius 2 is 1.64 bits per heavy atom. The number of rotatable bonds is 5. The van der Waals surface area contributed by atoms with E-state index in [0.717, 1.165) is 71.2 Å². The normalized spacial score (nSPS) is 24.6. The highest BCUT2D eigenvalue weighted by molar-refractivity contribution is 8.08. The van der Waals surface area contributed by atoms with Crippen molar-refractivity contribution < 1.29 is 14.3 Å². The summed E-state index contributed by atoms with van der Waals surface area (Å²) in [5.74, 6) is 0.873. The van der Waals surface area contributed by atoms with Gasteiger partial charge < -0.3 is 20.8 Å². The monoisotopic (exact) mass is 609 g/mol. The number of nitrogens with one attached hydrogen (secondary N) is 2. The minimum Gasteiger partial charge on any atom is -0.444 e. The zero-order valence-corrected chi connectivity index (χ0v) is 26.2. The Bertz CT molecular complexity index is 1710. The average molecular weight is 610 g/mol. The maximum absolute atomic E-state index is 12.9. The number of carbonyl (C=O) groups is 2. The van der Waals surface area contributed by atoms with E-state index < -0.39 is 5.60 Å². The van der Waals surface area contributed by atoms with E-state index in [1.165, 1.54) is 0 Å². The third kappa shape index (κ3) is 5.48. The Labute approximate surface area is 262 Å². The first-order chi connectivity index (χ1) is 21.1. The topological polar surface area (TPSA) is 113 Å². The van der Waals surface area contributed by atoms with E-state index in [1.54, 1.807) is 11.8 Å². The van der Waals surface area contributed by atoms with Crippen molar-refractivity contribution in [1.82, 2.24) is 20.2 Å². The van der Waals surface area contributed by atoms with Crippen molar-refractivity contribution in [3.8, 4) is 22.3 Å². The molecule has 1 aliphatic carbocycles. The number of hydrogen-bond donors (Lipinski definition) is 3. The van der Waals surface area contributed by atoms with E-state index in [1.807, 2.05) is 49.9 Å². The number of benzene rings is 3. The van der Waals surface area contributed by atoms with Crippen LogP contribution in [0.5, 0.6) is 0 Å². The molecule has 44 heavy (non-hydrogen) atoms. The van der Waals surface area contributed by atoms with Crippen LogP contribution < -0.4 is 11.1 Å². The van der Waals surface area contributed by atoms with E-state index in [4.69, 9.17) is 15.5 Å². The number of ether oxygens (including phenoxy) is 1. The number of nitrogens with two attached hydrogens (primary N) is 1. The zero-order valence-electron chi connectivity index (χ0n) is 25.4. The maximum atomic E-state index is 12.9. The summed E-state index contributed by atoms with van der Waals surface area (Å²) < 4.78 is 5.48. The molecule has 3 aliphatic rings. The first-order valence-electron chi connectivity index (χ1n) is 15.5. The molecule has 2 aliphatic heterocycles. The number of hydrogen-bond acceptors (Lipinski definition) is 6. The van der Waals surface area contributed by atoms with Crippen molar-refractivity contribution in [1.29, 1.82) is 0 Å². The molecule has 0 bridgehead atoms. The Balaban J connectivity index is 1.05. The molecule has 1 saturated carbocycles. The largest absolute Gasteiger partial charge is 0.444 e. The highest BCUT2D eigenvalue weighted by Gasteiger charge is 2.64. The van der Waals surface area contributed by atoms with Crippen LogP contribution in [0.4, 0.5) is 4.79 Å². The summed E-state index contributed by atoms with van der Waals surface area (Å²) in [5.41, 5.74) is 12.5. The van der Waals surface area contributed by atoms with Crippen LogP contribution in [0.15, 0.2) is 66.7 Å². The molecular formula is C35H39N5O3S. The summed E-state index contributed by atoms with van der Waals surface area (Å²) in [5, 5.41) is 3.14. The van der Waals surface area contributed by atoms with Gasteiger partial charge in [-0.15, -0.1) is 11.8 Å². The third-order valence-corrected chi connectivity index (χ3v) is 10.7. The van der Waals surface area contributed by atoms with Gasteiger partial charge in [-0.25, -0.2) is 9.78 Å². The number of carbonyl (C=O) groups excluding carboxylic acids is 2. The van der Waals surface area contributed by atoms with Crippen LogP contribution in [0.2, 0.25) is 0 Å². The molecule has 228 valence electrons. The smallest absolute Gasteiger partial charge is 0.411 e. The van der Waals surface area contributed by atoms with E-state index in [0.29, 0.717) is 12.1 Å². The molecule has 4 unspecified atom stereocenters. The van der Waals surface area contributed by atoms with Crippen LogP contribution in [0.1, 0.15) is 69.1 Å². The van der Waals surface area contributed by atoms with Gasteiger partial charge in [-0.1, -0.05) is 42.5 Å². The molecule has 4 aromatic rings. The fourth-order valence-corrected chi connectivity index (χ4v) is 8.05. The lowest BCUT2D eigenvalue weighted by Gasteiger charge is -2.31. The molecule has 0 radical (unpaired) electrons. The number of aromatic amines is 1. The molecule has 4 N–H and O–H groups in total. The Kier molecular flexibility index (Phi) is 7.21. The van der Waals surface area contributed by atoms with Gasteiger partial charge in [0.25, 0.3) is 5.91 Å². The van der Waals surface area contributed by atoms with Gasteiger partial charge in [0, 0.05) is 24.2 Å². The second-order valence-electron chi connectivity index (χ2n) is 13.3. The summed E-state index contributed by atoms with van der Waals surface area (Å²) in [4.78, 5) is 36.0. The van der Waals surface area contributed by atoms with Crippen LogP contribution in [0.25, 0.3) is 33.3 Å². The van der Waals surface area contributed by atoms with Crippen molar-refractivity contribution in [3.05, 3.63) is 78.1 Å². The van der Waals surface area contributed by atoms with Gasteiger partial charge in [0.1, 0.15) is 21.5 Å². The Morgan fingerprint density at radius 3 is 2.30 bits per heavy atom. The van der Waals surface area contributed by atoms with Gasteiger partial charge >= 0.3 is 6.09 Å². The predicted octanol–water partition coefficient (Wildman–Crippen LogP) is 6.81. The molecule has 2 amide bonds. The van der Waals surface area contributed by atoms with Crippen LogP contribution in [0, 0.1) is 0 Å². The second kappa shape index (κ2) is 11.0. The summed E-state index contributed by atoms with van der Waals surface area (Å²) in [6.45, 7) is 6.42. The quantitative estimate of drug-likeness (QED) is 0.214. The number of imidazole rings is 1. The molecule has 3 aromatic carbocycles. The molecule has 3 fully saturated rings. The molecule has 8 nitrogen and oxygen atoms in total. The average Bonchev–Trinajstić information content (AvgIpc) is 3.41. The highest BCUT2D eigenvalue weighted by atomic mass is 32.2. The summed E-state index contributed by atoms with van der Waals surface area (Å²) >= 11 is 1.79. The van der Waals surface area contributed by atoms with Crippen LogP contribution in [0.3, 0.4) is 0 Å². The van der Waals surface area contributed by atoms with E-state index in [-0.39, 0.29) is 34.2 Å². The van der Waals surface area contributed by atoms with E-state index >= 15 is 0 Å². The molecule has 7 rings (SSSR count). The van der Waals surface area contributed by atoms with E-state index in [2.05, 4.69) is 52.8 Å². The summed E-state index contributed by atoms with van der Waals surface area (Å²) in [7, 11) is 0. The van der Waals surface area contributed by atoms with Gasteiger partial charge in [0.05, 0.1) is 11.0 Å². The summed E-state index contributed by atoms with van der Waals surface area (Å²) in [6, 6.07) is 22.7. The number of piperidine rings is 1. The van der Waals surface area contributed by atoms with E-state index in [9.17, 15) is 9.59 Å². The SMILES string of the molecule is CC(C)(C)OC(=O)N1CCCC2(c3nc4ccc(-c5ccc(-c6ccc(C(=O)NC7CCCC7N)cc6)cc5)cc4[nH]3)SC12. The number of fused-ring (bicyclic) bond motifs is 2. The number of amides is 2. The van der Waals surface area contributed by atoms with Gasteiger partial charge in [0.15, 0.2) is 0 Å². The fraction of sp³-hybridized carbons (Fsp3) is 0.400. The standard InChI is InChI=1S/C35H39N5O3S/c1-34(2,3)43-33(42)40-19-5-18-35(32(40)44-35)31-38-28-17-16-25(20-29(28)39-31)23-10-8-21(9-11-23)22-12-14-24(15-13-22)30(41)37-27-7-4-6-26(27)36/h8-17,20,26-27,32H,4-7,18-19,36H2,1-3H3,(H,37,41)(H,38,39). The molecule has 2 saturated heterocycles. The Morgan fingerprint density at radius 1 is 0.977 bits per heavy atom. The van der Waals surface area contributed by atoms with Crippen molar-refractivity contribution in [2.75, 3.05) is 6.54 Å². The molecule has 4 atom stereocenters. The van der Waals surface area contributed by atoms with Crippen molar-refractivity contribution >= 4 is 34.8 Å². The van der Waals surface area contributed by atoms with Crippen LogP contribution in [-0.4, -0.2) is 56.5 Å². The molecular weight excluding hydrogens is 570 g/mol. The van der Waals surface area contributed by atoms with Crippen LogP contribution >= 0.6 is 11.8 Å². The maximum Gasteiger partial charge on any atom is 0.411 e. The number of thioether (sulfide) groups is 1. The molecule has 0 spiro atoms. The minimum atomic E-state index is -0.517. The zero-order chi connectivity index (χ0) is 30.6. The molecule has 3 heterocycles. The lowest BCUT2D eigenvalue weighted by Crippen LogP contribution is -2.44. The molecule has 9 heteroatoms. The van der Waals surface area contributed by atoms with Crippen LogP contribution in [-0.2, 0) is 9.48 Å². The number of H-pyrrole nitrogens is 1. The first-order valence-corrected chi connectivity index (χ1v) is 16.4. The lowest BCUT2D eigenvalue weighted by atomic mass is 9.97. The number of likely N-dealkylation sites (tertiary alicyclic amines) is 1. The van der Waals surface area contributed by atoms with Crippen molar-refractivity contribution in [3.63, 3.8) is 0 Å². The fourth-order valence-electron chi connectivity index (χ4n) is 6.57. The number of nitrogens with zero attached hydrogens (tertiary/aromatic N) is 2. The lowest BCUT2D eigenvalue weighted by molar-refractivity contribution is 0.0188. The Hall–Kier alpha value is -3.82. The van der Waals surface area contributed by atoms with Gasteiger partial charge in [0.2, 0.25) is 0 Å². The number of aromatic nitrogens is 2. The van der Waals surface area contributed by atoms with Crippen molar-refractivity contribution in [2.24, 2.45) is 5.73 Å². The third-order valence-electron chi connectivity index (χ3n) is 8.99. The molecule has 1 aromatic heterocycles. The van der Waals surface area contributed by atoms with Gasteiger partial charge in [-0.2, -0.15) is 0 Å². The predicted molar refractivity (Wildman–Crippen MR) is 175 cm³/mol.